The van der Waals surface area contributed by atoms with Crippen LogP contribution in [0.4, 0.5) is 0 Å². The molecule has 62 heavy (non-hydrogen) atoms. The van der Waals surface area contributed by atoms with Crippen LogP contribution in [0.3, 0.4) is 0 Å². The summed E-state index contributed by atoms with van der Waals surface area (Å²) in [5.74, 6) is -0.878. The first-order chi connectivity index (χ1) is 30.5. The molecule has 0 radical (unpaired) electrons. The molecule has 0 aromatic carbocycles. The van der Waals surface area contributed by atoms with Crippen LogP contribution >= 0.6 is 0 Å². The molecule has 0 aliphatic rings. The van der Waals surface area contributed by atoms with Crippen LogP contribution in [0.15, 0.2) is 36.5 Å². The molecule has 0 aliphatic heterocycles. The second kappa shape index (κ2) is 51.3. The SMILES string of the molecule is CCCCC/C=C\CCCCCCCC(=O)OC(COC(=O)CCCCCCCCCCC/C=C\C/C=C\CCCCCCC)COC(=O)CCCCCCCCCCCCC. The summed E-state index contributed by atoms with van der Waals surface area (Å²) in [6.45, 7) is 6.61. The van der Waals surface area contributed by atoms with E-state index in [0.717, 1.165) is 77.0 Å². The summed E-state index contributed by atoms with van der Waals surface area (Å²) in [5.41, 5.74) is 0. The van der Waals surface area contributed by atoms with Gasteiger partial charge in [-0.1, -0.05) is 224 Å². The van der Waals surface area contributed by atoms with Gasteiger partial charge in [-0.05, 0) is 77.0 Å². The lowest BCUT2D eigenvalue weighted by molar-refractivity contribution is -0.167. The molecule has 0 rings (SSSR count). The Morgan fingerprint density at radius 3 is 0.935 bits per heavy atom. The molecular weight excluding hydrogens is 769 g/mol. The van der Waals surface area contributed by atoms with Crippen molar-refractivity contribution in [1.82, 2.24) is 0 Å². The molecule has 0 amide bonds. The summed E-state index contributed by atoms with van der Waals surface area (Å²) in [6.07, 6.45) is 59.9. The predicted molar refractivity (Wildman–Crippen MR) is 266 cm³/mol. The number of carbonyl (C=O) groups is 3. The zero-order chi connectivity index (χ0) is 45.1. The number of ether oxygens (including phenoxy) is 3. The van der Waals surface area contributed by atoms with Crippen LogP contribution in [0.25, 0.3) is 0 Å². The van der Waals surface area contributed by atoms with Gasteiger partial charge >= 0.3 is 17.9 Å². The minimum absolute atomic E-state index is 0.0739. The number of allylic oxidation sites excluding steroid dienone is 6. The molecule has 0 heterocycles. The number of carbonyl (C=O) groups excluding carboxylic acids is 3. The van der Waals surface area contributed by atoms with Gasteiger partial charge < -0.3 is 14.2 Å². The summed E-state index contributed by atoms with van der Waals surface area (Å²) in [5, 5.41) is 0. The Morgan fingerprint density at radius 2 is 0.581 bits per heavy atom. The van der Waals surface area contributed by atoms with E-state index in [1.807, 2.05) is 0 Å². The number of esters is 3. The van der Waals surface area contributed by atoms with Crippen molar-refractivity contribution in [3.63, 3.8) is 0 Å². The Balaban J connectivity index is 4.27. The van der Waals surface area contributed by atoms with Gasteiger partial charge in [0.25, 0.3) is 0 Å². The molecule has 0 fully saturated rings. The van der Waals surface area contributed by atoms with Crippen LogP contribution in [0.5, 0.6) is 0 Å². The Kier molecular flexibility index (Phi) is 49.3. The van der Waals surface area contributed by atoms with Crippen LogP contribution < -0.4 is 0 Å². The molecule has 362 valence electrons. The van der Waals surface area contributed by atoms with Crippen molar-refractivity contribution < 1.29 is 28.6 Å². The van der Waals surface area contributed by atoms with Crippen molar-refractivity contribution in [1.29, 1.82) is 0 Å². The van der Waals surface area contributed by atoms with Crippen molar-refractivity contribution in [3.8, 4) is 0 Å². The monoisotopic (exact) mass is 871 g/mol. The molecule has 0 saturated carbocycles. The van der Waals surface area contributed by atoms with E-state index in [4.69, 9.17) is 14.2 Å². The highest BCUT2D eigenvalue weighted by atomic mass is 16.6. The Labute approximate surface area is 385 Å². The van der Waals surface area contributed by atoms with Gasteiger partial charge in [0.15, 0.2) is 6.10 Å². The van der Waals surface area contributed by atoms with Crippen molar-refractivity contribution >= 4 is 17.9 Å². The summed E-state index contributed by atoms with van der Waals surface area (Å²) >= 11 is 0. The van der Waals surface area contributed by atoms with Gasteiger partial charge in [-0.15, -0.1) is 0 Å². The summed E-state index contributed by atoms with van der Waals surface area (Å²) < 4.78 is 16.8. The van der Waals surface area contributed by atoms with E-state index in [2.05, 4.69) is 57.2 Å². The van der Waals surface area contributed by atoms with Crippen molar-refractivity contribution in [2.24, 2.45) is 0 Å². The second-order valence-electron chi connectivity index (χ2n) is 18.1. The standard InChI is InChI=1S/C56H102O6/c1-4-7-10-13-16-19-22-24-25-26-27-28-29-30-31-32-35-37-40-43-46-49-55(58)61-52-53(51-60-54(57)48-45-42-39-36-33-21-18-15-12-9-6-3)62-56(59)50-47-44-41-38-34-23-20-17-14-11-8-5-2/h17,20,22,24,26-27,53H,4-16,18-19,21,23,25,28-52H2,1-3H3/b20-17-,24-22-,27-26-. The minimum Gasteiger partial charge on any atom is -0.462 e. The van der Waals surface area contributed by atoms with E-state index in [-0.39, 0.29) is 31.1 Å². The topological polar surface area (TPSA) is 78.9 Å². The van der Waals surface area contributed by atoms with E-state index in [9.17, 15) is 14.4 Å². The quantitative estimate of drug-likeness (QED) is 0.0262. The van der Waals surface area contributed by atoms with E-state index < -0.39 is 6.10 Å². The first-order valence-corrected chi connectivity index (χ1v) is 27.0. The second-order valence-corrected chi connectivity index (χ2v) is 18.1. The summed E-state index contributed by atoms with van der Waals surface area (Å²) in [7, 11) is 0. The normalized spacial score (nSPS) is 12.2. The summed E-state index contributed by atoms with van der Waals surface area (Å²) in [4.78, 5) is 37.9. The van der Waals surface area contributed by atoms with Gasteiger partial charge in [0, 0.05) is 19.3 Å². The molecule has 0 saturated heterocycles. The zero-order valence-corrected chi connectivity index (χ0v) is 41.4. The smallest absolute Gasteiger partial charge is 0.306 e. The molecule has 1 atom stereocenters. The summed E-state index contributed by atoms with van der Waals surface area (Å²) in [6, 6.07) is 0. The maximum atomic E-state index is 12.8. The van der Waals surface area contributed by atoms with Gasteiger partial charge in [-0.2, -0.15) is 0 Å². The van der Waals surface area contributed by atoms with Gasteiger partial charge in [0.1, 0.15) is 13.2 Å². The van der Waals surface area contributed by atoms with E-state index in [1.165, 1.54) is 167 Å². The number of rotatable bonds is 49. The predicted octanol–water partition coefficient (Wildman–Crippen LogP) is 17.7. The lowest BCUT2D eigenvalue weighted by Gasteiger charge is -2.18. The van der Waals surface area contributed by atoms with E-state index >= 15 is 0 Å². The third kappa shape index (κ3) is 48.7. The van der Waals surface area contributed by atoms with Crippen LogP contribution in [0.2, 0.25) is 0 Å². The Hall–Kier alpha value is -2.37. The molecule has 6 heteroatoms. The fraction of sp³-hybridized carbons (Fsp3) is 0.839. The van der Waals surface area contributed by atoms with Crippen molar-refractivity contribution in [3.05, 3.63) is 36.5 Å². The highest BCUT2D eigenvalue weighted by Gasteiger charge is 2.19. The van der Waals surface area contributed by atoms with Crippen molar-refractivity contribution in [2.75, 3.05) is 13.2 Å². The molecule has 0 aromatic heterocycles. The van der Waals surface area contributed by atoms with E-state index in [1.54, 1.807) is 0 Å². The molecular formula is C56H102O6. The van der Waals surface area contributed by atoms with Crippen LogP contribution in [0.1, 0.15) is 284 Å². The van der Waals surface area contributed by atoms with Crippen LogP contribution in [-0.4, -0.2) is 37.2 Å². The average molecular weight is 871 g/mol. The molecule has 1 unspecified atom stereocenters. The zero-order valence-electron chi connectivity index (χ0n) is 41.4. The molecule has 0 aromatic rings. The minimum atomic E-state index is -0.773. The Morgan fingerprint density at radius 1 is 0.323 bits per heavy atom. The molecule has 0 spiro atoms. The fourth-order valence-corrected chi connectivity index (χ4v) is 7.76. The third-order valence-corrected chi connectivity index (χ3v) is 11.9. The van der Waals surface area contributed by atoms with Crippen LogP contribution in [0, 0.1) is 0 Å². The Bertz CT molecular complexity index is 1050. The molecule has 6 nitrogen and oxygen atoms in total. The molecule has 0 bridgehead atoms. The van der Waals surface area contributed by atoms with Gasteiger partial charge in [0.05, 0.1) is 0 Å². The van der Waals surface area contributed by atoms with Crippen LogP contribution in [-0.2, 0) is 28.6 Å². The number of hydrogen-bond donors (Lipinski definition) is 0. The lowest BCUT2D eigenvalue weighted by atomic mass is 10.1. The highest BCUT2D eigenvalue weighted by Crippen LogP contribution is 2.15. The maximum Gasteiger partial charge on any atom is 0.306 e. The van der Waals surface area contributed by atoms with Gasteiger partial charge in [-0.3, -0.25) is 14.4 Å². The first-order valence-electron chi connectivity index (χ1n) is 27.0. The maximum absolute atomic E-state index is 12.8. The number of unbranched alkanes of at least 4 members (excludes halogenated alkanes) is 32. The van der Waals surface area contributed by atoms with Gasteiger partial charge in [-0.25, -0.2) is 0 Å². The number of hydrogen-bond acceptors (Lipinski definition) is 6. The highest BCUT2D eigenvalue weighted by molar-refractivity contribution is 5.71. The first kappa shape index (κ1) is 59.6. The lowest BCUT2D eigenvalue weighted by Crippen LogP contribution is -2.30. The van der Waals surface area contributed by atoms with E-state index in [0.29, 0.717) is 19.3 Å². The fourth-order valence-electron chi connectivity index (χ4n) is 7.76. The largest absolute Gasteiger partial charge is 0.462 e. The molecule has 0 aliphatic carbocycles. The van der Waals surface area contributed by atoms with Gasteiger partial charge in [0.2, 0.25) is 0 Å². The van der Waals surface area contributed by atoms with Crippen molar-refractivity contribution in [2.45, 2.75) is 290 Å². The third-order valence-electron chi connectivity index (χ3n) is 11.9. The molecule has 0 N–H and O–H groups in total. The average Bonchev–Trinajstić information content (AvgIpc) is 3.27.